The van der Waals surface area contributed by atoms with Crippen LogP contribution in [-0.2, 0) is 0 Å². The Hall–Kier alpha value is -2.56. The Bertz CT molecular complexity index is 645. The first-order chi connectivity index (χ1) is 8.83. The van der Waals surface area contributed by atoms with Gasteiger partial charge in [-0.3, -0.25) is 0 Å². The molecular formula is C13H13N5. The lowest BCUT2D eigenvalue weighted by Crippen LogP contribution is -2.00. The van der Waals surface area contributed by atoms with E-state index < -0.39 is 0 Å². The van der Waals surface area contributed by atoms with Gasteiger partial charge in [0.25, 0.3) is 0 Å². The van der Waals surface area contributed by atoms with Crippen LogP contribution in [0.15, 0.2) is 47.7 Å². The summed E-state index contributed by atoms with van der Waals surface area (Å²) in [5.74, 6) is 0.641. The van der Waals surface area contributed by atoms with Crippen molar-refractivity contribution in [1.82, 2.24) is 15.0 Å². The third-order valence-corrected chi connectivity index (χ3v) is 2.71. The van der Waals surface area contributed by atoms with E-state index in [4.69, 9.17) is 0 Å². The Morgan fingerprint density at radius 1 is 1.22 bits per heavy atom. The number of hydrogen-bond acceptors (Lipinski definition) is 3. The molecule has 2 aromatic heterocycles. The van der Waals surface area contributed by atoms with E-state index in [0.717, 1.165) is 22.4 Å². The van der Waals surface area contributed by atoms with Crippen LogP contribution in [0.5, 0.6) is 0 Å². The van der Waals surface area contributed by atoms with Crippen LogP contribution < -0.4 is 5.43 Å². The number of nitrogens with zero attached hydrogens (tertiary/aromatic N) is 2. The molecule has 1 aromatic carbocycles. The SMILES string of the molecule is C/C(=N\Nc1nc2ccccc2[nH]1)c1ccc[nH]1. The first-order valence-electron chi connectivity index (χ1n) is 5.72. The van der Waals surface area contributed by atoms with Gasteiger partial charge in [-0.05, 0) is 31.2 Å². The number of benzene rings is 1. The highest BCUT2D eigenvalue weighted by molar-refractivity contribution is 5.97. The zero-order valence-corrected chi connectivity index (χ0v) is 9.94. The number of fused-ring (bicyclic) bond motifs is 1. The van der Waals surface area contributed by atoms with E-state index in [9.17, 15) is 0 Å². The number of aromatic nitrogens is 3. The van der Waals surface area contributed by atoms with Gasteiger partial charge in [-0.1, -0.05) is 12.1 Å². The Morgan fingerprint density at radius 2 is 2.11 bits per heavy atom. The molecule has 0 unspecified atom stereocenters. The average Bonchev–Trinajstić information content (AvgIpc) is 3.04. The summed E-state index contributed by atoms with van der Waals surface area (Å²) in [4.78, 5) is 10.6. The lowest BCUT2D eigenvalue weighted by atomic mass is 10.3. The van der Waals surface area contributed by atoms with Crippen LogP contribution in [0.4, 0.5) is 5.95 Å². The van der Waals surface area contributed by atoms with Crippen molar-refractivity contribution >= 4 is 22.7 Å². The van der Waals surface area contributed by atoms with E-state index in [0.29, 0.717) is 5.95 Å². The zero-order valence-electron chi connectivity index (χ0n) is 9.94. The van der Waals surface area contributed by atoms with Gasteiger partial charge in [-0.2, -0.15) is 5.10 Å². The number of nitrogens with one attached hydrogen (secondary N) is 3. The maximum atomic E-state index is 4.38. The summed E-state index contributed by atoms with van der Waals surface area (Å²) in [6.07, 6.45) is 1.87. The van der Waals surface area contributed by atoms with Crippen molar-refractivity contribution in [3.8, 4) is 0 Å². The Morgan fingerprint density at radius 3 is 2.89 bits per heavy atom. The number of hydrogen-bond donors (Lipinski definition) is 3. The highest BCUT2D eigenvalue weighted by atomic mass is 15.4. The quantitative estimate of drug-likeness (QED) is 0.486. The number of hydrazone groups is 1. The van der Waals surface area contributed by atoms with Gasteiger partial charge < -0.3 is 9.97 Å². The van der Waals surface area contributed by atoms with Gasteiger partial charge in [-0.15, -0.1) is 0 Å². The molecule has 0 aliphatic heterocycles. The molecular weight excluding hydrogens is 226 g/mol. The first-order valence-corrected chi connectivity index (χ1v) is 5.72. The fourth-order valence-electron chi connectivity index (χ4n) is 1.76. The molecule has 0 saturated carbocycles. The van der Waals surface area contributed by atoms with Crippen LogP contribution in [0.1, 0.15) is 12.6 Å². The minimum absolute atomic E-state index is 0.641. The maximum absolute atomic E-state index is 4.38. The molecule has 3 N–H and O–H groups in total. The molecule has 0 aliphatic rings. The van der Waals surface area contributed by atoms with Crippen molar-refractivity contribution in [3.05, 3.63) is 48.3 Å². The second-order valence-electron chi connectivity index (χ2n) is 4.00. The molecule has 0 aliphatic carbocycles. The third-order valence-electron chi connectivity index (χ3n) is 2.71. The van der Waals surface area contributed by atoms with E-state index >= 15 is 0 Å². The van der Waals surface area contributed by atoms with Crippen molar-refractivity contribution < 1.29 is 0 Å². The van der Waals surface area contributed by atoms with Gasteiger partial charge in [0.1, 0.15) is 0 Å². The number of para-hydroxylation sites is 2. The maximum Gasteiger partial charge on any atom is 0.222 e. The van der Waals surface area contributed by atoms with Crippen molar-refractivity contribution in [2.75, 3.05) is 5.43 Å². The molecule has 5 heteroatoms. The lowest BCUT2D eigenvalue weighted by Gasteiger charge is -1.97. The molecule has 0 bridgehead atoms. The van der Waals surface area contributed by atoms with Crippen molar-refractivity contribution in [3.63, 3.8) is 0 Å². The van der Waals surface area contributed by atoms with Crippen LogP contribution in [-0.4, -0.2) is 20.7 Å². The average molecular weight is 239 g/mol. The van der Waals surface area contributed by atoms with Crippen LogP contribution >= 0.6 is 0 Å². The van der Waals surface area contributed by atoms with Crippen LogP contribution in [0, 0.1) is 0 Å². The molecule has 0 atom stereocenters. The molecule has 0 radical (unpaired) electrons. The number of aromatic amines is 2. The number of H-pyrrole nitrogens is 2. The molecule has 2 heterocycles. The second-order valence-corrected chi connectivity index (χ2v) is 4.00. The van der Waals surface area contributed by atoms with Gasteiger partial charge in [0.05, 0.1) is 22.4 Å². The summed E-state index contributed by atoms with van der Waals surface area (Å²) >= 11 is 0. The predicted molar refractivity (Wildman–Crippen MR) is 72.7 cm³/mol. The summed E-state index contributed by atoms with van der Waals surface area (Å²) in [5, 5.41) is 4.27. The van der Waals surface area contributed by atoms with Crippen LogP contribution in [0.3, 0.4) is 0 Å². The largest absolute Gasteiger partial charge is 0.360 e. The molecule has 90 valence electrons. The summed E-state index contributed by atoms with van der Waals surface area (Å²) in [6.45, 7) is 1.93. The molecule has 0 amide bonds. The number of anilines is 1. The Balaban J connectivity index is 1.82. The summed E-state index contributed by atoms with van der Waals surface area (Å²) in [5.41, 5.74) is 6.70. The van der Waals surface area contributed by atoms with Crippen molar-refractivity contribution in [2.24, 2.45) is 5.10 Å². The summed E-state index contributed by atoms with van der Waals surface area (Å²) in [7, 11) is 0. The van der Waals surface area contributed by atoms with Crippen molar-refractivity contribution in [1.29, 1.82) is 0 Å². The summed E-state index contributed by atoms with van der Waals surface area (Å²) < 4.78 is 0. The fourth-order valence-corrected chi connectivity index (χ4v) is 1.76. The van der Waals surface area contributed by atoms with Crippen LogP contribution in [0.2, 0.25) is 0 Å². The molecule has 0 spiro atoms. The van der Waals surface area contributed by atoms with E-state index in [1.165, 1.54) is 0 Å². The summed E-state index contributed by atoms with van der Waals surface area (Å²) in [6, 6.07) is 11.8. The number of rotatable bonds is 3. The molecule has 0 fully saturated rings. The molecule has 3 aromatic rings. The topological polar surface area (TPSA) is 68.9 Å². The van der Waals surface area contributed by atoms with Gasteiger partial charge in [0.2, 0.25) is 5.95 Å². The van der Waals surface area contributed by atoms with E-state index in [2.05, 4.69) is 25.5 Å². The smallest absolute Gasteiger partial charge is 0.222 e. The predicted octanol–water partition coefficient (Wildman–Crippen LogP) is 2.73. The normalized spacial score (nSPS) is 11.9. The van der Waals surface area contributed by atoms with Gasteiger partial charge >= 0.3 is 0 Å². The fraction of sp³-hybridized carbons (Fsp3) is 0.0769. The monoisotopic (exact) mass is 239 g/mol. The highest BCUT2D eigenvalue weighted by Crippen LogP contribution is 2.13. The van der Waals surface area contributed by atoms with E-state index in [1.54, 1.807) is 0 Å². The molecule has 3 rings (SSSR count). The minimum Gasteiger partial charge on any atom is -0.360 e. The third kappa shape index (κ3) is 1.98. The van der Waals surface area contributed by atoms with Gasteiger partial charge in [0.15, 0.2) is 0 Å². The highest BCUT2D eigenvalue weighted by Gasteiger charge is 2.01. The second kappa shape index (κ2) is 4.37. The first kappa shape index (κ1) is 10.6. The van der Waals surface area contributed by atoms with Gasteiger partial charge in [-0.25, -0.2) is 10.4 Å². The van der Waals surface area contributed by atoms with Crippen molar-refractivity contribution in [2.45, 2.75) is 6.92 Å². The molecule has 0 saturated heterocycles. The zero-order chi connectivity index (χ0) is 12.4. The standard InChI is InChI=1S/C13H13N5/c1-9(10-7-4-8-14-10)17-18-13-15-11-5-2-3-6-12(11)16-13/h2-8,14H,1H3,(H2,15,16,18)/b17-9+. The molecule has 18 heavy (non-hydrogen) atoms. The molecule has 5 nitrogen and oxygen atoms in total. The van der Waals surface area contributed by atoms with E-state index in [1.807, 2.05) is 49.5 Å². The van der Waals surface area contributed by atoms with Crippen LogP contribution in [0.25, 0.3) is 11.0 Å². The Labute approximate surface area is 104 Å². The Kier molecular flexibility index (Phi) is 2.57. The van der Waals surface area contributed by atoms with E-state index in [-0.39, 0.29) is 0 Å². The lowest BCUT2D eigenvalue weighted by molar-refractivity contribution is 1.20. The minimum atomic E-state index is 0.641. The number of imidazole rings is 1. The van der Waals surface area contributed by atoms with Gasteiger partial charge in [0, 0.05) is 6.20 Å².